The lowest BCUT2D eigenvalue weighted by molar-refractivity contribution is 0.102. The van der Waals surface area contributed by atoms with E-state index in [4.69, 9.17) is 16.9 Å². The first-order valence-electron chi connectivity index (χ1n) is 5.48. The van der Waals surface area contributed by atoms with E-state index in [1.54, 1.807) is 0 Å². The van der Waals surface area contributed by atoms with Crippen LogP contribution < -0.4 is 5.32 Å². The molecule has 2 aromatic carbocycles. The summed E-state index contributed by atoms with van der Waals surface area (Å²) in [6, 6.07) is 9.41. The molecule has 0 aliphatic carbocycles. The molecule has 0 saturated heterocycles. The highest BCUT2D eigenvalue weighted by atomic mass is 35.5. The fourth-order valence-corrected chi connectivity index (χ4v) is 1.78. The van der Waals surface area contributed by atoms with Crippen LogP contribution in [0.25, 0.3) is 0 Å². The van der Waals surface area contributed by atoms with Gasteiger partial charge in [-0.15, -0.1) is 0 Å². The zero-order valence-corrected chi connectivity index (χ0v) is 10.7. The van der Waals surface area contributed by atoms with Crippen molar-refractivity contribution in [1.82, 2.24) is 0 Å². The molecule has 0 unspecified atom stereocenters. The van der Waals surface area contributed by atoms with Gasteiger partial charge in [0, 0.05) is 5.69 Å². The van der Waals surface area contributed by atoms with Crippen molar-refractivity contribution < 1.29 is 13.6 Å². The number of benzene rings is 2. The van der Waals surface area contributed by atoms with Gasteiger partial charge in [0.15, 0.2) is 11.6 Å². The number of hydrogen-bond acceptors (Lipinski definition) is 2. The molecule has 6 heteroatoms. The average molecular weight is 293 g/mol. The summed E-state index contributed by atoms with van der Waals surface area (Å²) in [5.74, 6) is -3.12. The Morgan fingerprint density at radius 2 is 2.00 bits per heavy atom. The van der Waals surface area contributed by atoms with Gasteiger partial charge in [-0.3, -0.25) is 4.79 Å². The molecule has 0 aliphatic heterocycles. The number of nitrogens with one attached hydrogen (secondary N) is 1. The van der Waals surface area contributed by atoms with Crippen molar-refractivity contribution in [2.45, 2.75) is 0 Å². The third kappa shape index (κ3) is 2.76. The van der Waals surface area contributed by atoms with Gasteiger partial charge in [-0.05, 0) is 30.3 Å². The number of nitriles is 1. The Kier molecular flexibility index (Phi) is 3.97. The standard InChI is InChI=1S/C14H7ClF2N2O/c15-11-6-9(5-4-8(11)7-18)19-14(20)10-2-1-3-12(16)13(10)17/h1-6H,(H,19,20). The van der Waals surface area contributed by atoms with Crippen molar-refractivity contribution in [3.8, 4) is 6.07 Å². The lowest BCUT2D eigenvalue weighted by atomic mass is 10.1. The molecule has 0 bridgehead atoms. The predicted molar refractivity (Wildman–Crippen MR) is 70.5 cm³/mol. The highest BCUT2D eigenvalue weighted by Crippen LogP contribution is 2.21. The SMILES string of the molecule is N#Cc1ccc(NC(=O)c2cccc(F)c2F)cc1Cl. The van der Waals surface area contributed by atoms with E-state index < -0.39 is 23.1 Å². The normalized spacial score (nSPS) is 9.90. The van der Waals surface area contributed by atoms with E-state index in [-0.39, 0.29) is 16.3 Å². The Labute approximate surface area is 118 Å². The van der Waals surface area contributed by atoms with E-state index in [9.17, 15) is 13.6 Å². The van der Waals surface area contributed by atoms with Crippen molar-refractivity contribution in [2.24, 2.45) is 0 Å². The summed E-state index contributed by atoms with van der Waals surface area (Å²) in [6.07, 6.45) is 0. The van der Waals surface area contributed by atoms with Gasteiger partial charge in [0.05, 0.1) is 16.1 Å². The fraction of sp³-hybridized carbons (Fsp3) is 0. The second-order valence-corrected chi connectivity index (χ2v) is 4.27. The maximum absolute atomic E-state index is 13.4. The van der Waals surface area contributed by atoms with E-state index in [1.165, 1.54) is 30.3 Å². The van der Waals surface area contributed by atoms with Gasteiger partial charge in [-0.2, -0.15) is 5.26 Å². The Balaban J connectivity index is 2.26. The zero-order valence-electron chi connectivity index (χ0n) is 9.95. The Hall–Kier alpha value is -2.45. The van der Waals surface area contributed by atoms with E-state index in [0.717, 1.165) is 6.07 Å². The number of carbonyl (C=O) groups excluding carboxylic acids is 1. The monoisotopic (exact) mass is 292 g/mol. The lowest BCUT2D eigenvalue weighted by Gasteiger charge is -2.07. The highest BCUT2D eigenvalue weighted by molar-refractivity contribution is 6.32. The second-order valence-electron chi connectivity index (χ2n) is 3.86. The molecule has 2 aromatic rings. The molecule has 100 valence electrons. The summed E-state index contributed by atoms with van der Waals surface area (Å²) in [5.41, 5.74) is 0.120. The molecule has 0 aromatic heterocycles. The zero-order chi connectivity index (χ0) is 14.7. The van der Waals surface area contributed by atoms with Crippen LogP contribution in [0.1, 0.15) is 15.9 Å². The third-order valence-electron chi connectivity index (χ3n) is 2.54. The van der Waals surface area contributed by atoms with Crippen molar-refractivity contribution in [2.75, 3.05) is 5.32 Å². The van der Waals surface area contributed by atoms with Gasteiger partial charge < -0.3 is 5.32 Å². The van der Waals surface area contributed by atoms with Gasteiger partial charge in [0.1, 0.15) is 6.07 Å². The Bertz CT molecular complexity index is 726. The molecule has 0 heterocycles. The minimum atomic E-state index is -1.22. The summed E-state index contributed by atoms with van der Waals surface area (Å²) < 4.78 is 26.5. The molecular weight excluding hydrogens is 286 g/mol. The third-order valence-corrected chi connectivity index (χ3v) is 2.86. The summed E-state index contributed by atoms with van der Waals surface area (Å²) in [7, 11) is 0. The predicted octanol–water partition coefficient (Wildman–Crippen LogP) is 3.74. The van der Waals surface area contributed by atoms with Crippen molar-refractivity contribution in [1.29, 1.82) is 5.26 Å². The molecule has 1 N–H and O–H groups in total. The van der Waals surface area contributed by atoms with Gasteiger partial charge in [-0.25, -0.2) is 8.78 Å². The molecule has 20 heavy (non-hydrogen) atoms. The van der Waals surface area contributed by atoms with E-state index >= 15 is 0 Å². The molecule has 1 amide bonds. The molecule has 0 aliphatic rings. The average Bonchev–Trinajstić information content (AvgIpc) is 2.42. The van der Waals surface area contributed by atoms with Crippen LogP contribution in [-0.4, -0.2) is 5.91 Å². The number of carbonyl (C=O) groups is 1. The minimum Gasteiger partial charge on any atom is -0.322 e. The largest absolute Gasteiger partial charge is 0.322 e. The Morgan fingerprint density at radius 1 is 1.25 bits per heavy atom. The van der Waals surface area contributed by atoms with Crippen molar-refractivity contribution in [3.05, 3.63) is 64.2 Å². The second kappa shape index (κ2) is 5.68. The number of anilines is 1. The van der Waals surface area contributed by atoms with Crippen LogP contribution in [0.4, 0.5) is 14.5 Å². The van der Waals surface area contributed by atoms with Crippen LogP contribution in [0.15, 0.2) is 36.4 Å². The van der Waals surface area contributed by atoms with Crippen LogP contribution in [0, 0.1) is 23.0 Å². The number of amides is 1. The molecule has 0 saturated carbocycles. The maximum Gasteiger partial charge on any atom is 0.258 e. The quantitative estimate of drug-likeness (QED) is 0.916. The van der Waals surface area contributed by atoms with Crippen LogP contribution >= 0.6 is 11.6 Å². The number of hydrogen-bond donors (Lipinski definition) is 1. The van der Waals surface area contributed by atoms with Gasteiger partial charge in [0.2, 0.25) is 0 Å². The first-order chi connectivity index (χ1) is 9.52. The van der Waals surface area contributed by atoms with Crippen LogP contribution in [0.3, 0.4) is 0 Å². The molecule has 0 fully saturated rings. The van der Waals surface area contributed by atoms with Crippen LogP contribution in [0.5, 0.6) is 0 Å². The van der Waals surface area contributed by atoms with Crippen LogP contribution in [0.2, 0.25) is 5.02 Å². The van der Waals surface area contributed by atoms with E-state index in [1.807, 2.05) is 6.07 Å². The minimum absolute atomic E-state index is 0.157. The van der Waals surface area contributed by atoms with Crippen molar-refractivity contribution >= 4 is 23.2 Å². The molecule has 3 nitrogen and oxygen atoms in total. The first kappa shape index (κ1) is 14.0. The van der Waals surface area contributed by atoms with E-state index in [2.05, 4.69) is 5.32 Å². The smallest absolute Gasteiger partial charge is 0.258 e. The summed E-state index contributed by atoms with van der Waals surface area (Å²) in [5, 5.41) is 11.3. The number of rotatable bonds is 2. The van der Waals surface area contributed by atoms with E-state index in [0.29, 0.717) is 0 Å². The molecule has 2 rings (SSSR count). The first-order valence-corrected chi connectivity index (χ1v) is 5.85. The summed E-state index contributed by atoms with van der Waals surface area (Å²) in [6.45, 7) is 0. The number of halogens is 3. The van der Waals surface area contributed by atoms with Crippen LogP contribution in [-0.2, 0) is 0 Å². The molecule has 0 spiro atoms. The van der Waals surface area contributed by atoms with Crippen molar-refractivity contribution in [3.63, 3.8) is 0 Å². The Morgan fingerprint density at radius 3 is 2.65 bits per heavy atom. The summed E-state index contributed by atoms with van der Waals surface area (Å²) in [4.78, 5) is 11.8. The fourth-order valence-electron chi connectivity index (χ4n) is 1.56. The number of nitrogens with zero attached hydrogens (tertiary/aromatic N) is 1. The highest BCUT2D eigenvalue weighted by Gasteiger charge is 2.15. The van der Waals surface area contributed by atoms with Gasteiger partial charge in [-0.1, -0.05) is 17.7 Å². The lowest BCUT2D eigenvalue weighted by Crippen LogP contribution is -2.14. The summed E-state index contributed by atoms with van der Waals surface area (Å²) >= 11 is 5.81. The maximum atomic E-state index is 13.4. The molecular formula is C14H7ClF2N2O. The van der Waals surface area contributed by atoms with Gasteiger partial charge in [0.25, 0.3) is 5.91 Å². The molecule has 0 radical (unpaired) electrons. The topological polar surface area (TPSA) is 52.9 Å². The van der Waals surface area contributed by atoms with Gasteiger partial charge >= 0.3 is 0 Å². The molecule has 0 atom stereocenters.